The van der Waals surface area contributed by atoms with Crippen molar-refractivity contribution in [2.24, 2.45) is 0 Å². The van der Waals surface area contributed by atoms with Crippen molar-refractivity contribution in [3.8, 4) is 11.5 Å². The molecule has 0 bridgehead atoms. The van der Waals surface area contributed by atoms with Crippen molar-refractivity contribution in [3.05, 3.63) is 81.5 Å². The minimum atomic E-state index is -0.300. The van der Waals surface area contributed by atoms with E-state index < -0.39 is 0 Å². The van der Waals surface area contributed by atoms with Gasteiger partial charge >= 0.3 is 0 Å². The summed E-state index contributed by atoms with van der Waals surface area (Å²) in [7, 11) is 0. The van der Waals surface area contributed by atoms with Gasteiger partial charge in [-0.25, -0.2) is 0 Å². The Kier molecular flexibility index (Phi) is 6.53. The second-order valence-electron chi connectivity index (χ2n) is 8.55. The van der Waals surface area contributed by atoms with E-state index in [0.717, 1.165) is 25.2 Å². The van der Waals surface area contributed by atoms with Crippen molar-refractivity contribution in [1.29, 1.82) is 0 Å². The van der Waals surface area contributed by atoms with Gasteiger partial charge in [-0.3, -0.25) is 14.5 Å². The molecule has 0 radical (unpaired) electrons. The van der Waals surface area contributed by atoms with Crippen molar-refractivity contribution in [2.75, 3.05) is 33.0 Å². The Hall–Kier alpha value is -3.72. The number of ether oxygens (including phenoxy) is 2. The molecule has 0 atom stereocenters. The van der Waals surface area contributed by atoms with Crippen molar-refractivity contribution >= 4 is 5.91 Å². The largest absolute Gasteiger partial charge is 0.454 e. The van der Waals surface area contributed by atoms with Crippen molar-refractivity contribution in [1.82, 2.24) is 25.0 Å². The molecule has 3 heterocycles. The van der Waals surface area contributed by atoms with E-state index in [2.05, 4.69) is 32.2 Å². The lowest BCUT2D eigenvalue weighted by Gasteiger charge is -2.34. The third-order valence-electron chi connectivity index (χ3n) is 6.17. The van der Waals surface area contributed by atoms with Gasteiger partial charge < -0.3 is 19.4 Å². The number of hydrogen-bond donors (Lipinski definition) is 1. The molecule has 5 rings (SSSR count). The van der Waals surface area contributed by atoms with E-state index in [0.29, 0.717) is 36.8 Å². The van der Waals surface area contributed by atoms with Gasteiger partial charge in [-0.2, -0.15) is 0 Å². The van der Waals surface area contributed by atoms with Crippen LogP contribution in [-0.4, -0.2) is 63.9 Å². The number of fused-ring (bicyclic) bond motifs is 1. The second-order valence-corrected chi connectivity index (χ2v) is 8.55. The monoisotopic (exact) mass is 461 g/mol. The van der Waals surface area contributed by atoms with Gasteiger partial charge in [0.2, 0.25) is 12.7 Å². The molecular formula is C25H27N5O4. The summed E-state index contributed by atoms with van der Waals surface area (Å²) >= 11 is 0. The van der Waals surface area contributed by atoms with Crippen LogP contribution >= 0.6 is 0 Å². The quantitative estimate of drug-likeness (QED) is 0.572. The van der Waals surface area contributed by atoms with Gasteiger partial charge in [0.1, 0.15) is 11.5 Å². The summed E-state index contributed by atoms with van der Waals surface area (Å²) in [5.41, 5.74) is 2.20. The van der Waals surface area contributed by atoms with Gasteiger partial charge in [0, 0.05) is 52.0 Å². The van der Waals surface area contributed by atoms with Gasteiger partial charge in [-0.1, -0.05) is 36.4 Å². The first-order chi connectivity index (χ1) is 16.6. The van der Waals surface area contributed by atoms with E-state index >= 15 is 0 Å². The first-order valence-electron chi connectivity index (χ1n) is 11.5. The van der Waals surface area contributed by atoms with E-state index in [9.17, 15) is 9.59 Å². The van der Waals surface area contributed by atoms with Gasteiger partial charge in [-0.15, -0.1) is 10.2 Å². The van der Waals surface area contributed by atoms with Gasteiger partial charge in [0.25, 0.3) is 5.56 Å². The highest BCUT2D eigenvalue weighted by Gasteiger charge is 2.21. The lowest BCUT2D eigenvalue weighted by molar-refractivity contribution is -0.133. The first kappa shape index (κ1) is 22.1. The molecule has 1 amide bonds. The fourth-order valence-corrected chi connectivity index (χ4v) is 4.26. The molecule has 0 saturated carbocycles. The van der Waals surface area contributed by atoms with Crippen LogP contribution in [0.1, 0.15) is 29.1 Å². The van der Waals surface area contributed by atoms with Gasteiger partial charge in [0.15, 0.2) is 11.5 Å². The summed E-state index contributed by atoms with van der Waals surface area (Å²) in [5, 5.41) is 8.25. The molecule has 2 aliphatic rings. The number of aromatic nitrogens is 3. The third-order valence-corrected chi connectivity index (χ3v) is 6.17. The zero-order chi connectivity index (χ0) is 23.3. The molecule has 9 nitrogen and oxygen atoms in total. The smallest absolute Gasteiger partial charge is 0.272 e. The zero-order valence-corrected chi connectivity index (χ0v) is 18.9. The number of H-pyrrole nitrogens is 1. The molecule has 0 unspecified atom stereocenters. The van der Waals surface area contributed by atoms with Crippen LogP contribution in [0, 0.1) is 0 Å². The lowest BCUT2D eigenvalue weighted by atomic mass is 10.1. The fourth-order valence-electron chi connectivity index (χ4n) is 4.26. The molecule has 3 aromatic rings. The highest BCUT2D eigenvalue weighted by molar-refractivity contribution is 5.76. The number of piperazine rings is 1. The molecule has 1 fully saturated rings. The summed E-state index contributed by atoms with van der Waals surface area (Å²) in [4.78, 5) is 32.2. The number of nitrogens with one attached hydrogen (secondary N) is 1. The Balaban J connectivity index is 1.10. The summed E-state index contributed by atoms with van der Waals surface area (Å²) in [6, 6.07) is 16.0. The van der Waals surface area contributed by atoms with E-state index in [1.807, 2.05) is 41.3 Å². The van der Waals surface area contributed by atoms with Gasteiger partial charge in [0.05, 0.1) is 0 Å². The third kappa shape index (κ3) is 5.26. The van der Waals surface area contributed by atoms with Crippen molar-refractivity contribution in [2.45, 2.75) is 25.8 Å². The van der Waals surface area contributed by atoms with Crippen molar-refractivity contribution < 1.29 is 14.3 Å². The van der Waals surface area contributed by atoms with Crippen LogP contribution in [0.3, 0.4) is 0 Å². The SMILES string of the molecule is O=C(CCc1nnc(Cc2ccc3c(c2)OCO3)[nH]c1=O)N1CCN(Cc2ccccc2)CC1. The Labute approximate surface area is 197 Å². The molecule has 0 aliphatic carbocycles. The van der Waals surface area contributed by atoms with E-state index in [1.165, 1.54) is 5.56 Å². The Morgan fingerprint density at radius 2 is 1.74 bits per heavy atom. The number of nitrogens with zero attached hydrogens (tertiary/aromatic N) is 4. The standard InChI is InChI=1S/C25H27N5O4/c31-24(30-12-10-29(11-13-30)16-18-4-2-1-3-5-18)9-7-20-25(32)26-23(28-27-20)15-19-6-8-21-22(14-19)34-17-33-21/h1-6,8,14H,7,9-13,15-17H2,(H,26,28,32). The Morgan fingerprint density at radius 3 is 2.53 bits per heavy atom. The van der Waals surface area contributed by atoms with Crippen LogP contribution in [0.25, 0.3) is 0 Å². The molecule has 1 N–H and O–H groups in total. The summed E-state index contributed by atoms with van der Waals surface area (Å²) in [6.07, 6.45) is 0.943. The predicted molar refractivity (Wildman–Crippen MR) is 125 cm³/mol. The van der Waals surface area contributed by atoms with Crippen molar-refractivity contribution in [3.63, 3.8) is 0 Å². The minimum absolute atomic E-state index is 0.0463. The number of hydrogen-bond acceptors (Lipinski definition) is 7. The Bertz CT molecular complexity index is 1210. The molecule has 2 aliphatic heterocycles. The normalized spacial score (nSPS) is 15.5. The number of rotatable bonds is 7. The van der Waals surface area contributed by atoms with E-state index in [-0.39, 0.29) is 36.8 Å². The minimum Gasteiger partial charge on any atom is -0.454 e. The molecule has 1 saturated heterocycles. The number of carbonyl (C=O) groups is 1. The average Bonchev–Trinajstić information content (AvgIpc) is 3.32. The molecule has 176 valence electrons. The van der Waals surface area contributed by atoms with Crippen LogP contribution in [0.15, 0.2) is 53.3 Å². The summed E-state index contributed by atoms with van der Waals surface area (Å²) < 4.78 is 10.7. The molecule has 2 aromatic carbocycles. The number of amides is 1. The van der Waals surface area contributed by atoms with Crippen LogP contribution in [0.4, 0.5) is 0 Å². The molecule has 9 heteroatoms. The van der Waals surface area contributed by atoms with E-state index in [1.54, 1.807) is 0 Å². The number of aryl methyl sites for hydroxylation is 1. The fraction of sp³-hybridized carbons (Fsp3) is 0.360. The number of aromatic amines is 1. The molecule has 1 aromatic heterocycles. The lowest BCUT2D eigenvalue weighted by Crippen LogP contribution is -2.48. The van der Waals surface area contributed by atoms with Crippen LogP contribution in [0.5, 0.6) is 11.5 Å². The number of carbonyl (C=O) groups excluding carboxylic acids is 1. The Morgan fingerprint density at radius 1 is 0.941 bits per heavy atom. The highest BCUT2D eigenvalue weighted by Crippen LogP contribution is 2.32. The zero-order valence-electron chi connectivity index (χ0n) is 18.9. The topological polar surface area (TPSA) is 101 Å². The van der Waals surface area contributed by atoms with Crippen LogP contribution in [0.2, 0.25) is 0 Å². The average molecular weight is 462 g/mol. The maximum absolute atomic E-state index is 12.7. The number of benzene rings is 2. The highest BCUT2D eigenvalue weighted by atomic mass is 16.7. The van der Waals surface area contributed by atoms with Crippen LogP contribution < -0.4 is 15.0 Å². The predicted octanol–water partition coefficient (Wildman–Crippen LogP) is 1.76. The first-order valence-corrected chi connectivity index (χ1v) is 11.5. The maximum Gasteiger partial charge on any atom is 0.272 e. The second kappa shape index (κ2) is 10.0. The molecule has 0 spiro atoms. The molecular weight excluding hydrogens is 434 g/mol. The maximum atomic E-state index is 12.7. The summed E-state index contributed by atoms with van der Waals surface area (Å²) in [5.74, 6) is 1.91. The van der Waals surface area contributed by atoms with E-state index in [4.69, 9.17) is 9.47 Å². The molecule has 34 heavy (non-hydrogen) atoms. The summed E-state index contributed by atoms with van der Waals surface area (Å²) in [6.45, 7) is 4.19. The van der Waals surface area contributed by atoms with Crippen LogP contribution in [-0.2, 0) is 24.2 Å². The van der Waals surface area contributed by atoms with Gasteiger partial charge in [-0.05, 0) is 23.3 Å².